The summed E-state index contributed by atoms with van der Waals surface area (Å²) in [6.07, 6.45) is 0. The molecule has 138 valence electrons. The molecule has 1 amide bonds. The minimum Gasteiger partial charge on any atom is -0.482 e. The number of rotatable bonds is 7. The van der Waals surface area contributed by atoms with Crippen molar-refractivity contribution in [2.75, 3.05) is 6.61 Å². The third-order valence-corrected chi connectivity index (χ3v) is 3.23. The molecule has 2 aromatic carbocycles. The molecule has 0 unspecified atom stereocenters. The van der Waals surface area contributed by atoms with Crippen LogP contribution in [0, 0.1) is 0 Å². The van der Waals surface area contributed by atoms with Crippen molar-refractivity contribution in [1.82, 2.24) is 10.9 Å². The lowest BCUT2D eigenvalue weighted by Gasteiger charge is -2.19. The second-order valence-corrected chi connectivity index (χ2v) is 6.69. The summed E-state index contributed by atoms with van der Waals surface area (Å²) in [7, 11) is 0. The molecule has 0 aliphatic rings. The van der Waals surface area contributed by atoms with Crippen LogP contribution in [0.1, 0.15) is 36.7 Å². The molecule has 0 atom stereocenters. The Kier molecular flexibility index (Phi) is 6.74. The van der Waals surface area contributed by atoms with E-state index in [1.807, 2.05) is 30.3 Å². The fourth-order valence-corrected chi connectivity index (χ4v) is 2.11. The van der Waals surface area contributed by atoms with Crippen molar-refractivity contribution >= 4 is 11.9 Å². The van der Waals surface area contributed by atoms with Crippen LogP contribution in [0.25, 0.3) is 0 Å². The van der Waals surface area contributed by atoms with Gasteiger partial charge in [-0.15, -0.1) is 0 Å². The van der Waals surface area contributed by atoms with Crippen molar-refractivity contribution < 1.29 is 19.1 Å². The van der Waals surface area contributed by atoms with Crippen LogP contribution in [0.3, 0.4) is 0 Å². The number of hydrogen-bond donors (Lipinski definition) is 2. The Morgan fingerprint density at radius 1 is 0.962 bits per heavy atom. The van der Waals surface area contributed by atoms with E-state index in [2.05, 4.69) is 10.9 Å². The van der Waals surface area contributed by atoms with Gasteiger partial charge in [-0.3, -0.25) is 10.2 Å². The summed E-state index contributed by atoms with van der Waals surface area (Å²) < 4.78 is 10.5. The maximum absolute atomic E-state index is 12.1. The van der Waals surface area contributed by atoms with Crippen LogP contribution in [0.4, 0.5) is 0 Å². The van der Waals surface area contributed by atoms with Gasteiger partial charge in [-0.25, -0.2) is 10.2 Å². The predicted octanol–water partition coefficient (Wildman–Crippen LogP) is 2.84. The zero-order valence-electron chi connectivity index (χ0n) is 15.2. The van der Waals surface area contributed by atoms with Gasteiger partial charge in [0.25, 0.3) is 5.91 Å². The highest BCUT2D eigenvalue weighted by atomic mass is 16.6. The van der Waals surface area contributed by atoms with Gasteiger partial charge in [0.2, 0.25) is 0 Å². The molecule has 0 aliphatic heterocycles. The maximum atomic E-state index is 12.1. The van der Waals surface area contributed by atoms with E-state index in [1.165, 1.54) is 0 Å². The van der Waals surface area contributed by atoms with E-state index in [1.54, 1.807) is 45.0 Å². The molecule has 0 spiro atoms. The molecule has 2 N–H and O–H groups in total. The zero-order valence-corrected chi connectivity index (χ0v) is 15.2. The zero-order chi connectivity index (χ0) is 19.0. The van der Waals surface area contributed by atoms with Crippen LogP contribution in [0.5, 0.6) is 5.75 Å². The number of amides is 1. The molecule has 0 saturated carbocycles. The molecule has 0 heterocycles. The first kappa shape index (κ1) is 19.5. The Morgan fingerprint density at radius 3 is 2.23 bits per heavy atom. The predicted molar refractivity (Wildman–Crippen MR) is 98.5 cm³/mol. The Hall–Kier alpha value is -2.86. The van der Waals surface area contributed by atoms with Gasteiger partial charge in [0.15, 0.2) is 6.61 Å². The Labute approximate surface area is 153 Å². The van der Waals surface area contributed by atoms with Gasteiger partial charge in [0, 0.05) is 12.1 Å². The van der Waals surface area contributed by atoms with Gasteiger partial charge in [0.1, 0.15) is 11.4 Å². The first-order chi connectivity index (χ1) is 12.3. The fourth-order valence-electron chi connectivity index (χ4n) is 2.11. The Balaban J connectivity index is 1.77. The van der Waals surface area contributed by atoms with Crippen LogP contribution in [0.15, 0.2) is 54.6 Å². The number of nitrogens with one attached hydrogen (secondary N) is 2. The third-order valence-electron chi connectivity index (χ3n) is 3.23. The third kappa shape index (κ3) is 6.94. The highest BCUT2D eigenvalue weighted by Gasteiger charge is 2.16. The molecule has 2 aromatic rings. The molecule has 0 radical (unpaired) electrons. The number of ether oxygens (including phenoxy) is 2. The van der Waals surface area contributed by atoms with E-state index in [-0.39, 0.29) is 12.5 Å². The van der Waals surface area contributed by atoms with Crippen molar-refractivity contribution in [3.63, 3.8) is 0 Å². The molecule has 2 rings (SSSR count). The molecule has 6 heteroatoms. The molecule has 0 aliphatic carbocycles. The molecule has 6 nitrogen and oxygen atoms in total. The largest absolute Gasteiger partial charge is 0.482 e. The number of esters is 1. The summed E-state index contributed by atoms with van der Waals surface area (Å²) in [6.45, 7) is 5.74. The maximum Gasteiger partial charge on any atom is 0.344 e. The summed E-state index contributed by atoms with van der Waals surface area (Å²) in [6, 6.07) is 16.3. The quantitative estimate of drug-likeness (QED) is 0.589. The standard InChI is InChI=1S/C20H24N2O4/c1-20(2,3)26-18(23)14-25-17-11-9-16(10-12-17)19(24)22-21-13-15-7-5-4-6-8-15/h4-12,21H,13-14H2,1-3H3,(H,22,24). The van der Waals surface area contributed by atoms with Gasteiger partial charge in [-0.05, 0) is 50.6 Å². The lowest BCUT2D eigenvalue weighted by Crippen LogP contribution is -2.36. The van der Waals surface area contributed by atoms with Crippen LogP contribution >= 0.6 is 0 Å². The van der Waals surface area contributed by atoms with Gasteiger partial charge in [-0.1, -0.05) is 30.3 Å². The van der Waals surface area contributed by atoms with Crippen LogP contribution < -0.4 is 15.6 Å². The molecule has 0 saturated heterocycles. The molecular weight excluding hydrogens is 332 g/mol. The lowest BCUT2D eigenvalue weighted by molar-refractivity contribution is -0.157. The Morgan fingerprint density at radius 2 is 1.62 bits per heavy atom. The number of hydrazine groups is 1. The van der Waals surface area contributed by atoms with Gasteiger partial charge < -0.3 is 9.47 Å². The minimum absolute atomic E-state index is 0.179. The summed E-state index contributed by atoms with van der Waals surface area (Å²) in [5, 5.41) is 0. The number of benzene rings is 2. The van der Waals surface area contributed by atoms with Crippen molar-refractivity contribution in [3.05, 3.63) is 65.7 Å². The normalized spacial score (nSPS) is 10.9. The molecule has 0 bridgehead atoms. The number of hydrogen-bond acceptors (Lipinski definition) is 5. The van der Waals surface area contributed by atoms with E-state index in [0.29, 0.717) is 17.9 Å². The second-order valence-electron chi connectivity index (χ2n) is 6.69. The minimum atomic E-state index is -0.546. The highest BCUT2D eigenvalue weighted by Crippen LogP contribution is 2.13. The van der Waals surface area contributed by atoms with Gasteiger partial charge >= 0.3 is 5.97 Å². The monoisotopic (exact) mass is 356 g/mol. The molecular formula is C20H24N2O4. The van der Waals surface area contributed by atoms with Crippen LogP contribution in [-0.2, 0) is 16.1 Å². The smallest absolute Gasteiger partial charge is 0.344 e. The van der Waals surface area contributed by atoms with Crippen LogP contribution in [0.2, 0.25) is 0 Å². The highest BCUT2D eigenvalue weighted by molar-refractivity contribution is 5.93. The summed E-state index contributed by atoms with van der Waals surface area (Å²) in [4.78, 5) is 23.7. The number of carbonyl (C=O) groups excluding carboxylic acids is 2. The van der Waals surface area contributed by atoms with Gasteiger partial charge in [0.05, 0.1) is 0 Å². The SMILES string of the molecule is CC(C)(C)OC(=O)COc1ccc(C(=O)NNCc2ccccc2)cc1. The van der Waals surface area contributed by atoms with Crippen molar-refractivity contribution in [2.24, 2.45) is 0 Å². The van der Waals surface area contributed by atoms with E-state index in [0.717, 1.165) is 5.56 Å². The van der Waals surface area contributed by atoms with E-state index in [4.69, 9.17) is 9.47 Å². The van der Waals surface area contributed by atoms with E-state index in [9.17, 15) is 9.59 Å². The molecule has 0 aromatic heterocycles. The summed E-state index contributed by atoms with van der Waals surface area (Å²) >= 11 is 0. The van der Waals surface area contributed by atoms with Crippen molar-refractivity contribution in [3.8, 4) is 5.75 Å². The molecule has 0 fully saturated rings. The first-order valence-electron chi connectivity index (χ1n) is 8.35. The van der Waals surface area contributed by atoms with Crippen molar-refractivity contribution in [1.29, 1.82) is 0 Å². The van der Waals surface area contributed by atoms with Crippen molar-refractivity contribution in [2.45, 2.75) is 32.9 Å². The van der Waals surface area contributed by atoms with Gasteiger partial charge in [-0.2, -0.15) is 0 Å². The average Bonchev–Trinajstić information content (AvgIpc) is 2.60. The first-order valence-corrected chi connectivity index (χ1v) is 8.35. The topological polar surface area (TPSA) is 76.7 Å². The average molecular weight is 356 g/mol. The fraction of sp³-hybridized carbons (Fsp3) is 0.300. The van der Waals surface area contributed by atoms with E-state index < -0.39 is 11.6 Å². The second kappa shape index (κ2) is 9.01. The summed E-state index contributed by atoms with van der Waals surface area (Å²) in [5.74, 6) is -0.200. The Bertz CT molecular complexity index is 722. The molecule has 26 heavy (non-hydrogen) atoms. The summed E-state index contributed by atoms with van der Waals surface area (Å²) in [5.41, 5.74) is 6.53. The number of carbonyl (C=O) groups is 2. The lowest BCUT2D eigenvalue weighted by atomic mass is 10.2. The van der Waals surface area contributed by atoms with E-state index >= 15 is 0 Å². The van der Waals surface area contributed by atoms with Crippen LogP contribution in [-0.4, -0.2) is 24.1 Å².